The maximum absolute atomic E-state index is 14.3. The Hall–Kier alpha value is -2.09. The molecule has 0 saturated heterocycles. The molecule has 136 valence electrons. The molecule has 0 spiro atoms. The summed E-state index contributed by atoms with van der Waals surface area (Å²) in [6.07, 6.45) is 7.11. The van der Waals surface area contributed by atoms with E-state index in [-0.39, 0.29) is 23.6 Å². The molecule has 25 heavy (non-hydrogen) atoms. The first-order valence-corrected chi connectivity index (χ1v) is 8.82. The summed E-state index contributed by atoms with van der Waals surface area (Å²) in [4.78, 5) is 12.6. The first-order valence-electron chi connectivity index (χ1n) is 8.82. The second kappa shape index (κ2) is 7.86. The number of hydrogen-bond donors (Lipinski definition) is 3. The maximum Gasteiger partial charge on any atom is 0.223 e. The predicted molar refractivity (Wildman–Crippen MR) is 95.3 cm³/mol. The largest absolute Gasteiger partial charge is 0.393 e. The van der Waals surface area contributed by atoms with Gasteiger partial charge in [0.25, 0.3) is 0 Å². The van der Waals surface area contributed by atoms with Gasteiger partial charge in [-0.2, -0.15) is 5.10 Å². The summed E-state index contributed by atoms with van der Waals surface area (Å²) in [5.74, 6) is 5.89. The molecule has 1 aromatic heterocycles. The molecule has 0 unspecified atom stereocenters. The summed E-state index contributed by atoms with van der Waals surface area (Å²) in [5.41, 5.74) is 1.04. The van der Waals surface area contributed by atoms with Crippen molar-refractivity contribution in [1.29, 1.82) is 0 Å². The lowest BCUT2D eigenvalue weighted by Crippen LogP contribution is -2.29. The van der Waals surface area contributed by atoms with Crippen molar-refractivity contribution in [1.82, 2.24) is 9.97 Å². The smallest absolute Gasteiger partial charge is 0.223 e. The van der Waals surface area contributed by atoms with Crippen molar-refractivity contribution in [2.45, 2.75) is 57.1 Å². The Balaban J connectivity index is 1.77. The van der Waals surface area contributed by atoms with Gasteiger partial charge < -0.3 is 16.3 Å². The minimum atomic E-state index is -0.564. The molecule has 1 aromatic rings. The molecule has 2 saturated carbocycles. The van der Waals surface area contributed by atoms with Crippen LogP contribution in [0.1, 0.15) is 50.6 Å². The van der Waals surface area contributed by atoms with Gasteiger partial charge in [0.05, 0.1) is 18.0 Å². The Bertz CT molecular complexity index is 665. The third kappa shape index (κ3) is 4.50. The van der Waals surface area contributed by atoms with E-state index in [1.807, 2.05) is 0 Å². The van der Waals surface area contributed by atoms with Gasteiger partial charge >= 0.3 is 0 Å². The number of hydrogen-bond acceptors (Lipinski definition) is 7. The lowest BCUT2D eigenvalue weighted by Gasteiger charge is -2.26. The van der Waals surface area contributed by atoms with Gasteiger partial charge in [0.2, 0.25) is 5.95 Å². The number of aliphatic hydroxyl groups is 1. The summed E-state index contributed by atoms with van der Waals surface area (Å²) in [6.45, 7) is 0. The number of nitrogens with one attached hydrogen (secondary N) is 1. The molecule has 8 heteroatoms. The highest BCUT2D eigenvalue weighted by atomic mass is 19.1. The van der Waals surface area contributed by atoms with Crippen molar-refractivity contribution in [3.05, 3.63) is 17.7 Å². The van der Waals surface area contributed by atoms with Crippen molar-refractivity contribution in [2.24, 2.45) is 21.9 Å². The highest BCUT2D eigenvalue weighted by molar-refractivity contribution is 6.48. The van der Waals surface area contributed by atoms with Gasteiger partial charge in [0, 0.05) is 13.1 Å². The number of aliphatic hydroxyl groups excluding tert-OH is 1. The topological polar surface area (TPSA) is 109 Å². The lowest BCUT2D eigenvalue weighted by molar-refractivity contribution is 0.126. The van der Waals surface area contributed by atoms with Crippen LogP contribution in [-0.2, 0) is 0 Å². The standard InChI is InChI=1S/C17H25FN6O/c1-20-14(8-10-2-3-10)16(24-19)15-13(18)9-21-17(23-15)22-11-4-6-12(25)7-5-11/h9-12,25H,2-8,19H2,1H3,(H,21,22,23)/b20-14?,24-16+. The zero-order chi connectivity index (χ0) is 17.8. The lowest BCUT2D eigenvalue weighted by atomic mass is 9.93. The van der Waals surface area contributed by atoms with Gasteiger partial charge in [-0.1, -0.05) is 0 Å². The molecule has 1 heterocycles. The van der Waals surface area contributed by atoms with E-state index in [0.717, 1.165) is 51.1 Å². The molecular formula is C17H25FN6O. The number of anilines is 1. The van der Waals surface area contributed by atoms with Crippen molar-refractivity contribution in [3.8, 4) is 0 Å². The van der Waals surface area contributed by atoms with Crippen LogP contribution in [0.15, 0.2) is 16.3 Å². The van der Waals surface area contributed by atoms with Crippen molar-refractivity contribution >= 4 is 17.4 Å². The van der Waals surface area contributed by atoms with Gasteiger partial charge in [0.1, 0.15) is 11.4 Å². The van der Waals surface area contributed by atoms with E-state index in [1.165, 1.54) is 0 Å². The summed E-state index contributed by atoms with van der Waals surface area (Å²) in [7, 11) is 1.66. The van der Waals surface area contributed by atoms with Crippen molar-refractivity contribution in [3.63, 3.8) is 0 Å². The first kappa shape index (κ1) is 17.7. The third-order valence-electron chi connectivity index (χ3n) is 4.85. The number of aromatic nitrogens is 2. The molecule has 7 nitrogen and oxygen atoms in total. The average Bonchev–Trinajstić information content (AvgIpc) is 3.43. The van der Waals surface area contributed by atoms with E-state index in [0.29, 0.717) is 17.6 Å². The van der Waals surface area contributed by atoms with E-state index in [1.54, 1.807) is 7.05 Å². The van der Waals surface area contributed by atoms with Crippen LogP contribution in [-0.4, -0.2) is 45.7 Å². The average molecular weight is 348 g/mol. The fourth-order valence-corrected chi connectivity index (χ4v) is 3.17. The van der Waals surface area contributed by atoms with Crippen LogP contribution in [0.3, 0.4) is 0 Å². The van der Waals surface area contributed by atoms with Gasteiger partial charge in [-0.15, -0.1) is 0 Å². The normalized spacial score (nSPS) is 25.1. The monoisotopic (exact) mass is 348 g/mol. The Labute approximate surface area is 146 Å². The van der Waals surface area contributed by atoms with Crippen LogP contribution >= 0.6 is 0 Å². The highest BCUT2D eigenvalue weighted by Crippen LogP contribution is 2.33. The fourth-order valence-electron chi connectivity index (χ4n) is 3.17. The molecule has 3 rings (SSSR count). The van der Waals surface area contributed by atoms with Crippen LogP contribution in [0.2, 0.25) is 0 Å². The number of hydrazone groups is 1. The second-order valence-corrected chi connectivity index (χ2v) is 6.84. The Morgan fingerprint density at radius 3 is 2.64 bits per heavy atom. The predicted octanol–water partition coefficient (Wildman–Crippen LogP) is 1.86. The van der Waals surface area contributed by atoms with E-state index < -0.39 is 5.82 Å². The molecule has 0 atom stereocenters. The SMILES string of the molecule is CN=C(CC1CC1)/C(=N\N)c1nc(NC2CCC(O)CC2)ncc1F. The third-order valence-corrected chi connectivity index (χ3v) is 4.85. The number of halogens is 1. The molecule has 0 bridgehead atoms. The van der Waals surface area contributed by atoms with Crippen molar-refractivity contribution in [2.75, 3.05) is 12.4 Å². The Kier molecular flexibility index (Phi) is 5.57. The molecule has 2 fully saturated rings. The van der Waals surface area contributed by atoms with Gasteiger partial charge in [-0.25, -0.2) is 14.4 Å². The summed E-state index contributed by atoms with van der Waals surface area (Å²) < 4.78 is 14.3. The molecule has 0 aliphatic heterocycles. The second-order valence-electron chi connectivity index (χ2n) is 6.84. The zero-order valence-electron chi connectivity index (χ0n) is 14.5. The molecule has 0 radical (unpaired) electrons. The van der Waals surface area contributed by atoms with E-state index in [4.69, 9.17) is 5.84 Å². The number of nitrogens with zero attached hydrogens (tertiary/aromatic N) is 4. The number of aliphatic imine (C=N–C) groups is 1. The van der Waals surface area contributed by atoms with Crippen LogP contribution in [0, 0.1) is 11.7 Å². The Morgan fingerprint density at radius 2 is 2.04 bits per heavy atom. The fraction of sp³-hybridized carbons (Fsp3) is 0.647. The van der Waals surface area contributed by atoms with Crippen molar-refractivity contribution < 1.29 is 9.50 Å². The Morgan fingerprint density at radius 1 is 1.32 bits per heavy atom. The molecule has 2 aliphatic carbocycles. The van der Waals surface area contributed by atoms with Crippen LogP contribution < -0.4 is 11.2 Å². The maximum atomic E-state index is 14.3. The van der Waals surface area contributed by atoms with Gasteiger partial charge in [0.15, 0.2) is 5.82 Å². The molecule has 4 N–H and O–H groups in total. The summed E-state index contributed by atoms with van der Waals surface area (Å²) in [5, 5.41) is 16.6. The van der Waals surface area contributed by atoms with Crippen LogP contribution in [0.25, 0.3) is 0 Å². The van der Waals surface area contributed by atoms with E-state index in [2.05, 4.69) is 25.4 Å². The summed E-state index contributed by atoms with van der Waals surface area (Å²) >= 11 is 0. The molecule has 0 amide bonds. The molecular weight excluding hydrogens is 323 g/mol. The quantitative estimate of drug-likeness (QED) is 0.413. The minimum absolute atomic E-state index is 0.0806. The van der Waals surface area contributed by atoms with Gasteiger partial charge in [-0.3, -0.25) is 4.99 Å². The van der Waals surface area contributed by atoms with Crippen LogP contribution in [0.4, 0.5) is 10.3 Å². The van der Waals surface area contributed by atoms with E-state index in [9.17, 15) is 9.50 Å². The number of rotatable bonds is 6. The zero-order valence-corrected chi connectivity index (χ0v) is 14.5. The minimum Gasteiger partial charge on any atom is -0.393 e. The van der Waals surface area contributed by atoms with E-state index >= 15 is 0 Å². The number of nitrogens with two attached hydrogens (primary N) is 1. The first-order chi connectivity index (χ1) is 12.1. The van der Waals surface area contributed by atoms with Gasteiger partial charge in [-0.05, 0) is 50.9 Å². The molecule has 2 aliphatic rings. The molecule has 0 aromatic carbocycles. The van der Waals surface area contributed by atoms with Crippen LogP contribution in [0.5, 0.6) is 0 Å². The summed E-state index contributed by atoms with van der Waals surface area (Å²) in [6, 6.07) is 0.172. The highest BCUT2D eigenvalue weighted by Gasteiger charge is 2.28.